The molecule has 2 nitrogen and oxygen atoms in total. The molecule has 1 rings (SSSR count). The van der Waals surface area contributed by atoms with Gasteiger partial charge in [-0.3, -0.25) is 4.79 Å². The lowest BCUT2D eigenvalue weighted by Gasteiger charge is -2.09. The van der Waals surface area contributed by atoms with Crippen LogP contribution in [0.4, 0.5) is 0 Å². The molecule has 1 aliphatic carbocycles. The van der Waals surface area contributed by atoms with Crippen molar-refractivity contribution in [1.82, 2.24) is 0 Å². The molecular weight excluding hydrogens is 210 g/mol. The second-order valence-electron chi connectivity index (χ2n) is 5.22. The highest BCUT2D eigenvalue weighted by Crippen LogP contribution is 2.18. The van der Waals surface area contributed by atoms with Crippen molar-refractivity contribution in [3.8, 4) is 6.07 Å². The van der Waals surface area contributed by atoms with E-state index in [1.165, 1.54) is 44.9 Å². The standard InChI is InChI=1S/C15H25NO/c16-13-14-11-9-7-5-3-1-2-4-6-8-10-12-15(14)17/h14H,1-12H2. The molecule has 17 heavy (non-hydrogen) atoms. The zero-order valence-corrected chi connectivity index (χ0v) is 10.9. The van der Waals surface area contributed by atoms with E-state index in [9.17, 15) is 4.79 Å². The van der Waals surface area contributed by atoms with Gasteiger partial charge in [-0.15, -0.1) is 0 Å². The maximum atomic E-state index is 11.8. The minimum atomic E-state index is -0.321. The van der Waals surface area contributed by atoms with Crippen molar-refractivity contribution in [1.29, 1.82) is 5.26 Å². The summed E-state index contributed by atoms with van der Waals surface area (Å²) in [4.78, 5) is 11.8. The molecule has 1 aliphatic rings. The Hall–Kier alpha value is -0.840. The van der Waals surface area contributed by atoms with E-state index >= 15 is 0 Å². The maximum absolute atomic E-state index is 11.8. The molecule has 0 radical (unpaired) electrons. The van der Waals surface area contributed by atoms with Crippen LogP contribution in [0.2, 0.25) is 0 Å². The topological polar surface area (TPSA) is 40.9 Å². The highest BCUT2D eigenvalue weighted by atomic mass is 16.1. The molecule has 0 saturated heterocycles. The first-order valence-electron chi connectivity index (χ1n) is 7.27. The molecular formula is C15H25NO. The average molecular weight is 235 g/mol. The van der Waals surface area contributed by atoms with Crippen molar-refractivity contribution in [2.45, 2.75) is 77.0 Å². The number of Topliss-reactive ketones (excluding diaryl/α,β-unsaturated/α-hetero) is 1. The van der Waals surface area contributed by atoms with Crippen LogP contribution in [0.25, 0.3) is 0 Å². The molecule has 0 aromatic carbocycles. The van der Waals surface area contributed by atoms with Gasteiger partial charge in [-0.1, -0.05) is 57.8 Å². The highest BCUT2D eigenvalue weighted by Gasteiger charge is 2.16. The normalized spacial score (nSPS) is 25.8. The lowest BCUT2D eigenvalue weighted by molar-refractivity contribution is -0.121. The molecule has 0 spiro atoms. The van der Waals surface area contributed by atoms with Crippen LogP contribution in [0.1, 0.15) is 77.0 Å². The number of hydrogen-bond acceptors (Lipinski definition) is 2. The summed E-state index contributed by atoms with van der Waals surface area (Å²) in [5.41, 5.74) is 0. The Morgan fingerprint density at radius 2 is 1.29 bits per heavy atom. The molecule has 0 aromatic rings. The van der Waals surface area contributed by atoms with Gasteiger partial charge in [0.1, 0.15) is 11.7 Å². The Bertz CT molecular complexity index is 254. The first-order chi connectivity index (χ1) is 8.34. The maximum Gasteiger partial charge on any atom is 0.149 e. The zero-order valence-electron chi connectivity index (χ0n) is 10.9. The van der Waals surface area contributed by atoms with Gasteiger partial charge in [0.2, 0.25) is 0 Å². The third kappa shape index (κ3) is 6.46. The largest absolute Gasteiger partial charge is 0.298 e. The quantitative estimate of drug-likeness (QED) is 0.624. The Morgan fingerprint density at radius 3 is 1.82 bits per heavy atom. The van der Waals surface area contributed by atoms with E-state index in [0.29, 0.717) is 6.42 Å². The third-order valence-electron chi connectivity index (χ3n) is 3.71. The van der Waals surface area contributed by atoms with E-state index in [2.05, 4.69) is 6.07 Å². The number of carbonyl (C=O) groups excluding carboxylic acids is 1. The predicted molar refractivity (Wildman–Crippen MR) is 69.5 cm³/mol. The van der Waals surface area contributed by atoms with Gasteiger partial charge < -0.3 is 0 Å². The van der Waals surface area contributed by atoms with Gasteiger partial charge in [0, 0.05) is 6.42 Å². The number of hydrogen-bond donors (Lipinski definition) is 0. The summed E-state index contributed by atoms with van der Waals surface area (Å²) in [6.07, 6.45) is 13.7. The minimum absolute atomic E-state index is 0.185. The van der Waals surface area contributed by atoms with Crippen LogP contribution in [0.15, 0.2) is 0 Å². The zero-order chi connectivity index (χ0) is 12.3. The van der Waals surface area contributed by atoms with Crippen LogP contribution >= 0.6 is 0 Å². The van der Waals surface area contributed by atoms with E-state index in [1.807, 2.05) is 0 Å². The van der Waals surface area contributed by atoms with Gasteiger partial charge in [0.05, 0.1) is 6.07 Å². The van der Waals surface area contributed by atoms with Crippen molar-refractivity contribution < 1.29 is 4.79 Å². The number of carbonyl (C=O) groups is 1. The Balaban J connectivity index is 2.34. The van der Waals surface area contributed by atoms with Crippen molar-refractivity contribution in [2.24, 2.45) is 5.92 Å². The summed E-state index contributed by atoms with van der Waals surface area (Å²) < 4.78 is 0. The second-order valence-corrected chi connectivity index (χ2v) is 5.22. The summed E-state index contributed by atoms with van der Waals surface area (Å²) in [5.74, 6) is -0.137. The third-order valence-corrected chi connectivity index (χ3v) is 3.71. The fourth-order valence-corrected chi connectivity index (χ4v) is 2.53. The van der Waals surface area contributed by atoms with E-state index < -0.39 is 0 Å². The van der Waals surface area contributed by atoms with Crippen molar-refractivity contribution in [3.05, 3.63) is 0 Å². The molecule has 96 valence electrons. The Kier molecular flexibility index (Phi) is 7.71. The predicted octanol–water partition coefficient (Wildman–Crippen LogP) is 4.39. The molecule has 1 atom stereocenters. The summed E-state index contributed by atoms with van der Waals surface area (Å²) in [6.45, 7) is 0. The Morgan fingerprint density at radius 1 is 0.824 bits per heavy atom. The first-order valence-corrected chi connectivity index (χ1v) is 7.27. The molecule has 0 amide bonds. The summed E-state index contributed by atoms with van der Waals surface area (Å²) in [6, 6.07) is 2.18. The molecule has 0 N–H and O–H groups in total. The van der Waals surface area contributed by atoms with E-state index in [1.54, 1.807) is 0 Å². The molecule has 0 bridgehead atoms. The molecule has 1 unspecified atom stereocenters. The van der Waals surface area contributed by atoms with Crippen LogP contribution in [0.3, 0.4) is 0 Å². The molecule has 0 aromatic heterocycles. The van der Waals surface area contributed by atoms with Gasteiger partial charge in [0.15, 0.2) is 0 Å². The van der Waals surface area contributed by atoms with Gasteiger partial charge in [-0.2, -0.15) is 5.26 Å². The molecule has 0 heterocycles. The number of ketones is 1. The van der Waals surface area contributed by atoms with Gasteiger partial charge in [0.25, 0.3) is 0 Å². The number of nitriles is 1. The monoisotopic (exact) mass is 235 g/mol. The van der Waals surface area contributed by atoms with Crippen LogP contribution in [0, 0.1) is 17.2 Å². The van der Waals surface area contributed by atoms with Crippen LogP contribution < -0.4 is 0 Å². The van der Waals surface area contributed by atoms with Gasteiger partial charge >= 0.3 is 0 Å². The summed E-state index contributed by atoms with van der Waals surface area (Å²) in [7, 11) is 0. The van der Waals surface area contributed by atoms with E-state index in [-0.39, 0.29) is 11.7 Å². The van der Waals surface area contributed by atoms with Crippen molar-refractivity contribution in [2.75, 3.05) is 0 Å². The SMILES string of the molecule is N#CC1CCCCCCCCCCCCC1=O. The molecule has 1 saturated carbocycles. The van der Waals surface area contributed by atoms with E-state index in [0.717, 1.165) is 25.7 Å². The van der Waals surface area contributed by atoms with E-state index in [4.69, 9.17) is 5.26 Å². The average Bonchev–Trinajstić information content (AvgIpc) is 2.34. The van der Waals surface area contributed by atoms with Crippen molar-refractivity contribution >= 4 is 5.78 Å². The van der Waals surface area contributed by atoms with Crippen LogP contribution in [-0.2, 0) is 4.79 Å². The number of nitrogens with zero attached hydrogens (tertiary/aromatic N) is 1. The smallest absolute Gasteiger partial charge is 0.149 e. The minimum Gasteiger partial charge on any atom is -0.298 e. The lowest BCUT2D eigenvalue weighted by Crippen LogP contribution is -2.12. The molecule has 2 heteroatoms. The van der Waals surface area contributed by atoms with Gasteiger partial charge in [-0.05, 0) is 12.8 Å². The highest BCUT2D eigenvalue weighted by molar-refractivity contribution is 5.83. The van der Waals surface area contributed by atoms with Crippen LogP contribution in [0.5, 0.6) is 0 Å². The summed E-state index contributed by atoms with van der Waals surface area (Å²) >= 11 is 0. The molecule has 1 fully saturated rings. The van der Waals surface area contributed by atoms with Crippen LogP contribution in [-0.4, -0.2) is 5.78 Å². The van der Waals surface area contributed by atoms with Gasteiger partial charge in [-0.25, -0.2) is 0 Å². The fourth-order valence-electron chi connectivity index (χ4n) is 2.53. The second kappa shape index (κ2) is 9.22. The number of rotatable bonds is 0. The lowest BCUT2D eigenvalue weighted by atomic mass is 9.93. The Labute approximate surface area is 105 Å². The molecule has 0 aliphatic heterocycles. The van der Waals surface area contributed by atoms with Crippen molar-refractivity contribution in [3.63, 3.8) is 0 Å². The first kappa shape index (κ1) is 14.2. The summed E-state index contributed by atoms with van der Waals surface area (Å²) in [5, 5.41) is 9.00. The fraction of sp³-hybridized carbons (Fsp3) is 0.867.